The summed E-state index contributed by atoms with van der Waals surface area (Å²) in [5.41, 5.74) is 2.57. The summed E-state index contributed by atoms with van der Waals surface area (Å²) in [4.78, 5) is 0. The highest BCUT2D eigenvalue weighted by molar-refractivity contribution is 5.39. The minimum Gasteiger partial charge on any atom is -0.489 e. The van der Waals surface area contributed by atoms with Crippen molar-refractivity contribution < 1.29 is 4.74 Å². The number of benzene rings is 1. The van der Waals surface area contributed by atoms with Gasteiger partial charge < -0.3 is 10.1 Å². The van der Waals surface area contributed by atoms with Gasteiger partial charge in [-0.05, 0) is 48.9 Å². The maximum Gasteiger partial charge on any atom is 0.123 e. The second-order valence-electron chi connectivity index (χ2n) is 6.78. The van der Waals surface area contributed by atoms with Crippen LogP contribution in [0.2, 0.25) is 0 Å². The van der Waals surface area contributed by atoms with E-state index in [2.05, 4.69) is 65.1 Å². The van der Waals surface area contributed by atoms with Crippen LogP contribution in [-0.2, 0) is 0 Å². The number of nitrogens with one attached hydrogen (secondary N) is 1. The summed E-state index contributed by atoms with van der Waals surface area (Å²) >= 11 is 0. The lowest BCUT2D eigenvalue weighted by atomic mass is 10.0. The van der Waals surface area contributed by atoms with E-state index in [0.29, 0.717) is 11.8 Å². The molecule has 0 radical (unpaired) electrons. The van der Waals surface area contributed by atoms with E-state index in [-0.39, 0.29) is 6.10 Å². The van der Waals surface area contributed by atoms with Gasteiger partial charge in [-0.2, -0.15) is 0 Å². The number of hydrogen-bond acceptors (Lipinski definition) is 2. The fourth-order valence-corrected chi connectivity index (χ4v) is 2.46. The van der Waals surface area contributed by atoms with Crippen molar-refractivity contribution >= 4 is 0 Å². The predicted molar refractivity (Wildman–Crippen MR) is 92.3 cm³/mol. The molecule has 1 aromatic carbocycles. The number of rotatable bonds is 9. The zero-order chi connectivity index (χ0) is 15.8. The highest BCUT2D eigenvalue weighted by Gasteiger charge is 2.14. The molecule has 2 heteroatoms. The van der Waals surface area contributed by atoms with E-state index in [1.165, 1.54) is 11.1 Å². The topological polar surface area (TPSA) is 21.3 Å². The van der Waals surface area contributed by atoms with E-state index >= 15 is 0 Å². The van der Waals surface area contributed by atoms with Gasteiger partial charge in [0.1, 0.15) is 11.9 Å². The van der Waals surface area contributed by atoms with E-state index < -0.39 is 0 Å². The van der Waals surface area contributed by atoms with Crippen LogP contribution in [0.3, 0.4) is 0 Å². The molecule has 1 unspecified atom stereocenters. The number of ether oxygens (including phenoxy) is 1. The Morgan fingerprint density at radius 2 is 1.81 bits per heavy atom. The highest BCUT2D eigenvalue weighted by atomic mass is 16.5. The maximum atomic E-state index is 6.35. The molecular formula is C19H33NO. The Morgan fingerprint density at radius 1 is 1.10 bits per heavy atom. The first-order chi connectivity index (χ1) is 9.93. The molecule has 0 heterocycles. The summed E-state index contributed by atoms with van der Waals surface area (Å²) in [6.07, 6.45) is 2.50. The van der Waals surface area contributed by atoms with Crippen molar-refractivity contribution in [2.24, 2.45) is 5.92 Å². The molecule has 0 spiro atoms. The van der Waals surface area contributed by atoms with Gasteiger partial charge >= 0.3 is 0 Å². The molecule has 1 N–H and O–H groups in total. The first-order valence-electron chi connectivity index (χ1n) is 8.41. The summed E-state index contributed by atoms with van der Waals surface area (Å²) in [7, 11) is 0. The van der Waals surface area contributed by atoms with Gasteiger partial charge in [0.25, 0.3) is 0 Å². The monoisotopic (exact) mass is 291 g/mol. The lowest BCUT2D eigenvalue weighted by Crippen LogP contribution is -2.33. The Morgan fingerprint density at radius 3 is 2.38 bits per heavy atom. The number of hydrogen-bond donors (Lipinski definition) is 1. The smallest absolute Gasteiger partial charge is 0.123 e. The molecule has 0 fully saturated rings. The van der Waals surface area contributed by atoms with Gasteiger partial charge in [0, 0.05) is 6.54 Å². The van der Waals surface area contributed by atoms with Gasteiger partial charge in [0.05, 0.1) is 0 Å². The highest BCUT2D eigenvalue weighted by Crippen LogP contribution is 2.28. The first kappa shape index (κ1) is 18.0. The second-order valence-corrected chi connectivity index (χ2v) is 6.78. The van der Waals surface area contributed by atoms with Crippen molar-refractivity contribution in [1.29, 1.82) is 0 Å². The molecule has 0 aliphatic heterocycles. The maximum absolute atomic E-state index is 6.35. The van der Waals surface area contributed by atoms with Crippen LogP contribution in [0.1, 0.15) is 64.5 Å². The number of aryl methyl sites for hydroxylation is 1. The zero-order valence-electron chi connectivity index (χ0n) is 14.7. The average Bonchev–Trinajstić information content (AvgIpc) is 2.38. The molecule has 0 aromatic heterocycles. The fraction of sp³-hybridized carbons (Fsp3) is 0.684. The van der Waals surface area contributed by atoms with E-state index in [1.807, 2.05) is 0 Å². The molecule has 0 aliphatic carbocycles. The SMILES string of the molecule is CCCC(CNCC(C)C)Oc1cc(C)ccc1C(C)C. The fourth-order valence-electron chi connectivity index (χ4n) is 2.46. The molecule has 120 valence electrons. The van der Waals surface area contributed by atoms with Crippen molar-refractivity contribution in [2.45, 2.75) is 66.4 Å². The van der Waals surface area contributed by atoms with Gasteiger partial charge in [-0.15, -0.1) is 0 Å². The summed E-state index contributed by atoms with van der Waals surface area (Å²) in [5, 5.41) is 3.53. The Bertz CT molecular complexity index is 412. The standard InChI is InChI=1S/C19H33NO/c1-7-8-17(13-20-12-14(2)3)21-19-11-16(6)9-10-18(19)15(4)5/h9-11,14-15,17,20H,7-8,12-13H2,1-6H3. The third-order valence-electron chi connectivity index (χ3n) is 3.62. The molecule has 0 amide bonds. The normalized spacial score (nSPS) is 13.0. The van der Waals surface area contributed by atoms with Crippen LogP contribution >= 0.6 is 0 Å². The van der Waals surface area contributed by atoms with Crippen molar-refractivity contribution in [1.82, 2.24) is 5.32 Å². The Kier molecular flexibility index (Phi) is 7.81. The van der Waals surface area contributed by atoms with Crippen LogP contribution in [0.4, 0.5) is 0 Å². The molecule has 1 atom stereocenters. The molecule has 2 nitrogen and oxygen atoms in total. The summed E-state index contributed by atoms with van der Waals surface area (Å²) < 4.78 is 6.35. The predicted octanol–water partition coefficient (Wildman–Crippen LogP) is 4.91. The minimum atomic E-state index is 0.257. The van der Waals surface area contributed by atoms with Crippen LogP contribution in [0.15, 0.2) is 18.2 Å². The Hall–Kier alpha value is -1.02. The van der Waals surface area contributed by atoms with Gasteiger partial charge in [-0.1, -0.05) is 53.2 Å². The third-order valence-corrected chi connectivity index (χ3v) is 3.62. The Labute approximate surface area is 131 Å². The lowest BCUT2D eigenvalue weighted by molar-refractivity contribution is 0.183. The molecular weight excluding hydrogens is 258 g/mol. The average molecular weight is 291 g/mol. The molecule has 1 aromatic rings. The van der Waals surface area contributed by atoms with Gasteiger partial charge in [0.15, 0.2) is 0 Å². The van der Waals surface area contributed by atoms with Crippen molar-refractivity contribution in [3.8, 4) is 5.75 Å². The van der Waals surface area contributed by atoms with Crippen LogP contribution in [0, 0.1) is 12.8 Å². The van der Waals surface area contributed by atoms with E-state index in [1.54, 1.807) is 0 Å². The Balaban J connectivity index is 2.75. The van der Waals surface area contributed by atoms with Crippen molar-refractivity contribution in [3.63, 3.8) is 0 Å². The van der Waals surface area contributed by atoms with Crippen LogP contribution in [0.5, 0.6) is 5.75 Å². The second kappa shape index (κ2) is 9.09. The van der Waals surface area contributed by atoms with E-state index in [4.69, 9.17) is 4.74 Å². The van der Waals surface area contributed by atoms with Gasteiger partial charge in [-0.25, -0.2) is 0 Å². The van der Waals surface area contributed by atoms with Crippen LogP contribution in [-0.4, -0.2) is 19.2 Å². The summed E-state index contributed by atoms with van der Waals surface area (Å²) in [6, 6.07) is 6.56. The molecule has 21 heavy (non-hydrogen) atoms. The quantitative estimate of drug-likeness (QED) is 0.698. The van der Waals surface area contributed by atoms with Crippen LogP contribution in [0.25, 0.3) is 0 Å². The van der Waals surface area contributed by atoms with Crippen molar-refractivity contribution in [3.05, 3.63) is 29.3 Å². The summed E-state index contributed by atoms with van der Waals surface area (Å²) in [6.45, 7) is 15.3. The van der Waals surface area contributed by atoms with Crippen LogP contribution < -0.4 is 10.1 Å². The van der Waals surface area contributed by atoms with E-state index in [0.717, 1.165) is 31.7 Å². The lowest BCUT2D eigenvalue weighted by Gasteiger charge is -2.23. The van der Waals surface area contributed by atoms with Gasteiger partial charge in [-0.3, -0.25) is 0 Å². The third kappa shape index (κ3) is 6.52. The molecule has 1 rings (SSSR count). The van der Waals surface area contributed by atoms with Gasteiger partial charge in [0.2, 0.25) is 0 Å². The molecule has 0 bridgehead atoms. The van der Waals surface area contributed by atoms with E-state index in [9.17, 15) is 0 Å². The largest absolute Gasteiger partial charge is 0.489 e. The molecule has 0 aliphatic rings. The minimum absolute atomic E-state index is 0.257. The first-order valence-corrected chi connectivity index (χ1v) is 8.41. The summed E-state index contributed by atoms with van der Waals surface area (Å²) in [5.74, 6) is 2.23. The van der Waals surface area contributed by atoms with Crippen molar-refractivity contribution in [2.75, 3.05) is 13.1 Å². The molecule has 0 saturated carbocycles. The molecule has 0 saturated heterocycles. The zero-order valence-corrected chi connectivity index (χ0v) is 14.7.